The summed E-state index contributed by atoms with van der Waals surface area (Å²) < 4.78 is 7.74. The quantitative estimate of drug-likeness (QED) is 0.784. The summed E-state index contributed by atoms with van der Waals surface area (Å²) in [5.41, 5.74) is 7.34. The van der Waals surface area contributed by atoms with Crippen LogP contribution in [0.5, 0.6) is 11.6 Å². The number of para-hydroxylation sites is 1. The topological polar surface area (TPSA) is 82.1 Å². The number of hydrogen-bond acceptors (Lipinski definition) is 6. The van der Waals surface area contributed by atoms with Crippen LogP contribution in [0.15, 0.2) is 55.1 Å². The van der Waals surface area contributed by atoms with Crippen LogP contribution in [0.25, 0.3) is 0 Å². The summed E-state index contributed by atoms with van der Waals surface area (Å²) in [7, 11) is 1.96. The average Bonchev–Trinajstić information content (AvgIpc) is 3.22. The van der Waals surface area contributed by atoms with Crippen LogP contribution in [0.3, 0.4) is 0 Å². The lowest BCUT2D eigenvalue weighted by Gasteiger charge is -2.16. The summed E-state index contributed by atoms with van der Waals surface area (Å²) >= 11 is 0. The summed E-state index contributed by atoms with van der Waals surface area (Å²) in [6.45, 7) is 1.43. The van der Waals surface area contributed by atoms with Gasteiger partial charge in [-0.2, -0.15) is 4.98 Å². The number of rotatable bonds is 4. The predicted molar refractivity (Wildman–Crippen MR) is 94.7 cm³/mol. The second-order valence-corrected chi connectivity index (χ2v) is 6.25. The highest BCUT2D eigenvalue weighted by molar-refractivity contribution is 5.38. The number of hydrogen-bond donors (Lipinski definition) is 1. The van der Waals surface area contributed by atoms with Crippen molar-refractivity contribution in [3.05, 3.63) is 60.8 Å². The molecule has 1 saturated heterocycles. The maximum Gasteiger partial charge on any atom is 0.228 e. The highest BCUT2D eigenvalue weighted by Crippen LogP contribution is 2.28. The van der Waals surface area contributed by atoms with Crippen molar-refractivity contribution in [3.8, 4) is 11.6 Å². The van der Waals surface area contributed by atoms with E-state index in [-0.39, 0.29) is 12.0 Å². The number of nitrogens with two attached hydrogens (primary N) is 1. The van der Waals surface area contributed by atoms with E-state index in [9.17, 15) is 0 Å². The minimum absolute atomic E-state index is 0.00259. The Balaban J connectivity index is 1.51. The Morgan fingerprint density at radius 2 is 1.96 bits per heavy atom. The summed E-state index contributed by atoms with van der Waals surface area (Å²) in [5.74, 6) is 2.06. The maximum atomic E-state index is 6.33. The monoisotopic (exact) mass is 336 g/mol. The Labute approximate surface area is 146 Å². The fraction of sp³-hybridized carbons (Fsp3) is 0.278. The van der Waals surface area contributed by atoms with Crippen molar-refractivity contribution in [1.29, 1.82) is 0 Å². The van der Waals surface area contributed by atoms with Gasteiger partial charge in [0.2, 0.25) is 11.8 Å². The molecule has 3 heterocycles. The number of ether oxygens (including phenoxy) is 1. The van der Waals surface area contributed by atoms with E-state index in [0.29, 0.717) is 18.4 Å². The van der Waals surface area contributed by atoms with Gasteiger partial charge in [-0.15, -0.1) is 0 Å². The predicted octanol–water partition coefficient (Wildman–Crippen LogP) is 1.93. The molecule has 1 aliphatic rings. The van der Waals surface area contributed by atoms with Crippen molar-refractivity contribution in [3.63, 3.8) is 0 Å². The van der Waals surface area contributed by atoms with E-state index in [1.807, 2.05) is 48.1 Å². The van der Waals surface area contributed by atoms with Gasteiger partial charge in [-0.25, -0.2) is 9.97 Å². The highest BCUT2D eigenvalue weighted by atomic mass is 16.5. The zero-order valence-electron chi connectivity index (χ0n) is 14.0. The molecule has 2 aromatic heterocycles. The first-order valence-corrected chi connectivity index (χ1v) is 8.23. The van der Waals surface area contributed by atoms with E-state index >= 15 is 0 Å². The van der Waals surface area contributed by atoms with Crippen molar-refractivity contribution in [2.45, 2.75) is 12.0 Å². The molecule has 0 aliphatic carbocycles. The lowest BCUT2D eigenvalue weighted by atomic mass is 10.0. The average molecular weight is 336 g/mol. The fourth-order valence-electron chi connectivity index (χ4n) is 3.08. The smallest absolute Gasteiger partial charge is 0.228 e. The normalized spacial score (nSPS) is 20.0. The molecule has 0 spiro atoms. The van der Waals surface area contributed by atoms with Crippen molar-refractivity contribution < 1.29 is 4.74 Å². The fourth-order valence-corrected chi connectivity index (χ4v) is 3.08. The zero-order chi connectivity index (χ0) is 17.2. The molecule has 7 nitrogen and oxygen atoms in total. The molecule has 1 aliphatic heterocycles. The summed E-state index contributed by atoms with van der Waals surface area (Å²) in [6.07, 6.45) is 5.53. The Kier molecular flexibility index (Phi) is 4.07. The molecule has 1 fully saturated rings. The number of aromatic nitrogens is 4. The van der Waals surface area contributed by atoms with Crippen LogP contribution in [-0.4, -0.2) is 38.7 Å². The Morgan fingerprint density at radius 3 is 2.72 bits per heavy atom. The van der Waals surface area contributed by atoms with Crippen molar-refractivity contribution in [2.75, 3.05) is 18.0 Å². The molecule has 25 heavy (non-hydrogen) atoms. The number of aryl methyl sites for hydroxylation is 1. The van der Waals surface area contributed by atoms with Crippen LogP contribution < -0.4 is 15.4 Å². The molecule has 0 bridgehead atoms. The SMILES string of the molecule is Cn1cnc([C@@H]2CN(c3nccc(Oc4ccccc4)n3)C[C@H]2N)c1. The molecule has 0 radical (unpaired) electrons. The lowest BCUT2D eigenvalue weighted by molar-refractivity contribution is 0.461. The van der Waals surface area contributed by atoms with Crippen LogP contribution in [0.4, 0.5) is 5.95 Å². The van der Waals surface area contributed by atoms with Crippen LogP contribution in [0.2, 0.25) is 0 Å². The highest BCUT2D eigenvalue weighted by Gasteiger charge is 2.34. The molecule has 2 N–H and O–H groups in total. The number of nitrogens with zero attached hydrogens (tertiary/aromatic N) is 5. The molecule has 2 atom stereocenters. The van der Waals surface area contributed by atoms with Gasteiger partial charge in [0, 0.05) is 50.6 Å². The molecule has 0 unspecified atom stereocenters. The largest absolute Gasteiger partial charge is 0.439 e. The summed E-state index contributed by atoms with van der Waals surface area (Å²) in [4.78, 5) is 15.4. The van der Waals surface area contributed by atoms with Gasteiger partial charge < -0.3 is 19.9 Å². The number of anilines is 1. The van der Waals surface area contributed by atoms with E-state index in [4.69, 9.17) is 10.5 Å². The van der Waals surface area contributed by atoms with Crippen LogP contribution in [0, 0.1) is 0 Å². The van der Waals surface area contributed by atoms with Gasteiger partial charge in [0.1, 0.15) is 5.75 Å². The van der Waals surface area contributed by atoms with E-state index < -0.39 is 0 Å². The molecule has 1 aromatic carbocycles. The first kappa shape index (κ1) is 15.6. The number of benzene rings is 1. The molecule has 4 rings (SSSR count). The van der Waals surface area contributed by atoms with Gasteiger partial charge >= 0.3 is 0 Å². The number of imidazole rings is 1. The van der Waals surface area contributed by atoms with Gasteiger partial charge in [0.15, 0.2) is 0 Å². The van der Waals surface area contributed by atoms with Crippen molar-refractivity contribution in [1.82, 2.24) is 19.5 Å². The third kappa shape index (κ3) is 3.32. The first-order chi connectivity index (χ1) is 12.2. The molecule has 3 aromatic rings. The standard InChI is InChI=1S/C18H20N6O/c1-23-11-16(21-12-23)14-9-24(10-15(14)19)18-20-8-7-17(22-18)25-13-5-3-2-4-6-13/h2-8,11-12,14-15H,9-10,19H2,1H3/t14-,15-/m1/s1. The van der Waals surface area contributed by atoms with Gasteiger partial charge in [-0.05, 0) is 12.1 Å². The van der Waals surface area contributed by atoms with E-state index in [2.05, 4.69) is 19.9 Å². The van der Waals surface area contributed by atoms with Gasteiger partial charge in [0.05, 0.1) is 12.0 Å². The van der Waals surface area contributed by atoms with Crippen molar-refractivity contribution in [2.24, 2.45) is 12.8 Å². The molecular weight excluding hydrogens is 316 g/mol. The Bertz CT molecular complexity index is 850. The van der Waals surface area contributed by atoms with Crippen LogP contribution in [0.1, 0.15) is 11.6 Å². The van der Waals surface area contributed by atoms with E-state index in [0.717, 1.165) is 18.0 Å². The third-order valence-electron chi connectivity index (χ3n) is 4.34. The zero-order valence-corrected chi connectivity index (χ0v) is 14.0. The third-order valence-corrected chi connectivity index (χ3v) is 4.34. The lowest BCUT2D eigenvalue weighted by Crippen LogP contribution is -2.29. The molecule has 128 valence electrons. The van der Waals surface area contributed by atoms with Crippen LogP contribution >= 0.6 is 0 Å². The van der Waals surface area contributed by atoms with E-state index in [1.54, 1.807) is 18.6 Å². The second kappa shape index (κ2) is 6.52. The van der Waals surface area contributed by atoms with Crippen molar-refractivity contribution >= 4 is 5.95 Å². The second-order valence-electron chi connectivity index (χ2n) is 6.25. The molecule has 7 heteroatoms. The first-order valence-electron chi connectivity index (χ1n) is 8.23. The Hall–Kier alpha value is -2.93. The Morgan fingerprint density at radius 1 is 1.12 bits per heavy atom. The van der Waals surface area contributed by atoms with Crippen LogP contribution in [-0.2, 0) is 7.05 Å². The van der Waals surface area contributed by atoms with Gasteiger partial charge in [0.25, 0.3) is 0 Å². The molecule has 0 amide bonds. The van der Waals surface area contributed by atoms with E-state index in [1.165, 1.54) is 0 Å². The van der Waals surface area contributed by atoms with Gasteiger partial charge in [-0.3, -0.25) is 0 Å². The maximum absolute atomic E-state index is 6.33. The molecule has 0 saturated carbocycles. The summed E-state index contributed by atoms with van der Waals surface area (Å²) in [6, 6.07) is 11.3. The minimum atomic E-state index is -0.00259. The minimum Gasteiger partial charge on any atom is -0.439 e. The molecular formula is C18H20N6O. The summed E-state index contributed by atoms with van der Waals surface area (Å²) in [5, 5.41) is 0. The van der Waals surface area contributed by atoms with Gasteiger partial charge in [-0.1, -0.05) is 18.2 Å².